The van der Waals surface area contributed by atoms with Gasteiger partial charge in [-0.3, -0.25) is 0 Å². The lowest BCUT2D eigenvalue weighted by atomic mass is 10.5. The first kappa shape index (κ1) is 6.63. The molecule has 0 amide bonds. The summed E-state index contributed by atoms with van der Waals surface area (Å²) in [6, 6.07) is 0. The molecule has 0 aliphatic carbocycles. The van der Waals surface area contributed by atoms with Gasteiger partial charge in [-0.25, -0.2) is 0 Å². The summed E-state index contributed by atoms with van der Waals surface area (Å²) in [7, 11) is 3.72. The van der Waals surface area contributed by atoms with E-state index in [1.807, 2.05) is 13.3 Å². The summed E-state index contributed by atoms with van der Waals surface area (Å²) in [4.78, 5) is 3.81. The minimum atomic E-state index is 1.03. The van der Waals surface area contributed by atoms with Crippen molar-refractivity contribution >= 4 is 6.21 Å². The first-order chi connectivity index (χ1) is 3.41. The minimum Gasteiger partial charge on any atom is -0.319 e. The van der Waals surface area contributed by atoms with Crippen molar-refractivity contribution in [3.05, 3.63) is 0 Å². The van der Waals surface area contributed by atoms with E-state index in [1.165, 1.54) is 0 Å². The summed E-state index contributed by atoms with van der Waals surface area (Å²) in [5, 5.41) is 3.01. The van der Waals surface area contributed by atoms with E-state index in [-0.39, 0.29) is 0 Å². The monoisotopic (exact) mass is 100 g/mol. The molecule has 0 aromatic carbocycles. The molecule has 0 atom stereocenters. The minimum absolute atomic E-state index is 1.03. The normalized spacial score (nSPS) is 10.6. The first-order valence-electron chi connectivity index (χ1n) is 2.47. The molecule has 0 aromatic rings. The van der Waals surface area contributed by atoms with Crippen LogP contribution in [0.3, 0.4) is 0 Å². The Bertz CT molecular complexity index is 50.0. The van der Waals surface area contributed by atoms with Gasteiger partial charge in [-0.1, -0.05) is 0 Å². The molecule has 0 radical (unpaired) electrons. The third-order valence-corrected chi connectivity index (χ3v) is 0.706. The highest BCUT2D eigenvalue weighted by Crippen LogP contribution is 1.65. The van der Waals surface area contributed by atoms with Gasteiger partial charge in [0, 0.05) is 7.05 Å². The van der Waals surface area contributed by atoms with Gasteiger partial charge in [-0.2, -0.15) is 0 Å². The molecule has 1 N–H and O–H groups in total. The van der Waals surface area contributed by atoms with E-state index in [9.17, 15) is 0 Å². The lowest BCUT2D eigenvalue weighted by Crippen LogP contribution is -2.07. The molecule has 2 heteroatoms. The second-order valence-corrected chi connectivity index (χ2v) is 1.33. The Hall–Kier alpha value is -0.370. The third-order valence-electron chi connectivity index (χ3n) is 0.706. The number of rotatable bonds is 3. The zero-order valence-corrected chi connectivity index (χ0v) is 4.94. The van der Waals surface area contributed by atoms with Crippen molar-refractivity contribution in [2.75, 3.05) is 20.6 Å². The summed E-state index contributed by atoms with van der Waals surface area (Å²) >= 11 is 0. The van der Waals surface area contributed by atoms with Crippen LogP contribution in [0, 0.1) is 0 Å². The van der Waals surface area contributed by atoms with Crippen molar-refractivity contribution < 1.29 is 0 Å². The summed E-state index contributed by atoms with van der Waals surface area (Å²) < 4.78 is 0. The van der Waals surface area contributed by atoms with Crippen molar-refractivity contribution in [3.63, 3.8) is 0 Å². The second kappa shape index (κ2) is 5.63. The van der Waals surface area contributed by atoms with Crippen molar-refractivity contribution in [3.8, 4) is 0 Å². The number of nitrogens with one attached hydrogen (secondary N) is 1. The maximum absolute atomic E-state index is 3.81. The van der Waals surface area contributed by atoms with Crippen LogP contribution >= 0.6 is 0 Å². The largest absolute Gasteiger partial charge is 0.319 e. The van der Waals surface area contributed by atoms with E-state index in [0.717, 1.165) is 13.0 Å². The van der Waals surface area contributed by atoms with Crippen molar-refractivity contribution in [1.29, 1.82) is 0 Å². The molecule has 0 aliphatic heterocycles. The lowest BCUT2D eigenvalue weighted by Gasteiger charge is -1.87. The number of hydrogen-bond acceptors (Lipinski definition) is 2. The van der Waals surface area contributed by atoms with Gasteiger partial charge in [0.2, 0.25) is 0 Å². The summed E-state index contributed by atoms with van der Waals surface area (Å²) in [5.41, 5.74) is 0. The Morgan fingerprint density at radius 1 is 1.71 bits per heavy atom. The van der Waals surface area contributed by atoms with Gasteiger partial charge in [-0.05, 0) is 26.2 Å². The zero-order valence-electron chi connectivity index (χ0n) is 4.94. The smallest absolute Gasteiger partial charge is 0.0273 e. The molecule has 42 valence electrons. The van der Waals surface area contributed by atoms with Crippen LogP contribution in [0.2, 0.25) is 0 Å². The van der Waals surface area contributed by atoms with E-state index in [1.54, 1.807) is 7.05 Å². The summed E-state index contributed by atoms with van der Waals surface area (Å²) in [5.74, 6) is 0. The molecular formula is C5H12N2. The molecule has 7 heavy (non-hydrogen) atoms. The number of nitrogens with zero attached hydrogens (tertiary/aromatic N) is 1. The zero-order chi connectivity index (χ0) is 5.54. The van der Waals surface area contributed by atoms with Gasteiger partial charge in [0.05, 0.1) is 0 Å². The molecule has 0 aliphatic rings. The van der Waals surface area contributed by atoms with Crippen LogP contribution in [0.25, 0.3) is 0 Å². The molecule has 0 fully saturated rings. The predicted octanol–water partition coefficient (Wildman–Crippen LogP) is 0.297. The highest BCUT2D eigenvalue weighted by Gasteiger charge is 1.71. The summed E-state index contributed by atoms with van der Waals surface area (Å²) in [6.45, 7) is 1.03. The topological polar surface area (TPSA) is 24.4 Å². The lowest BCUT2D eigenvalue weighted by molar-refractivity contribution is 0.829. The molecule has 0 saturated heterocycles. The van der Waals surface area contributed by atoms with Crippen LogP contribution < -0.4 is 5.32 Å². The summed E-state index contributed by atoms with van der Waals surface area (Å²) in [6.07, 6.45) is 2.93. The average molecular weight is 100 g/mol. The highest BCUT2D eigenvalue weighted by molar-refractivity contribution is 5.56. The molecular weight excluding hydrogens is 88.1 g/mol. The van der Waals surface area contributed by atoms with Gasteiger partial charge in [0.25, 0.3) is 0 Å². The van der Waals surface area contributed by atoms with Crippen LogP contribution in [0.1, 0.15) is 6.42 Å². The molecule has 0 saturated carbocycles. The Morgan fingerprint density at radius 2 is 2.43 bits per heavy atom. The highest BCUT2D eigenvalue weighted by atomic mass is 14.8. The Kier molecular flexibility index (Phi) is 5.33. The second-order valence-electron chi connectivity index (χ2n) is 1.33. The fourth-order valence-electron chi connectivity index (χ4n) is 0.338. The fourth-order valence-corrected chi connectivity index (χ4v) is 0.338. The first-order valence-corrected chi connectivity index (χ1v) is 2.47. The Labute approximate surface area is 44.6 Å². The van der Waals surface area contributed by atoms with Gasteiger partial charge in [-0.15, -0.1) is 0 Å². The van der Waals surface area contributed by atoms with Crippen LogP contribution in [0.15, 0.2) is 4.99 Å². The standard InChI is InChI=1S/C5H12N2/c1-6-4-3-5-7-2/h4,7H,3,5H2,1-2H3. The third kappa shape index (κ3) is 5.63. The van der Waals surface area contributed by atoms with Gasteiger partial charge in [0.15, 0.2) is 0 Å². The Balaban J connectivity index is 2.69. The van der Waals surface area contributed by atoms with E-state index in [0.29, 0.717) is 0 Å². The quantitative estimate of drug-likeness (QED) is 0.400. The molecule has 0 aromatic heterocycles. The molecule has 0 unspecified atom stereocenters. The van der Waals surface area contributed by atoms with Crippen molar-refractivity contribution in [2.45, 2.75) is 6.42 Å². The van der Waals surface area contributed by atoms with Crippen LogP contribution in [-0.4, -0.2) is 26.9 Å². The average Bonchev–Trinajstić information content (AvgIpc) is 1.69. The van der Waals surface area contributed by atoms with Crippen molar-refractivity contribution in [2.24, 2.45) is 4.99 Å². The molecule has 0 spiro atoms. The van der Waals surface area contributed by atoms with Crippen LogP contribution in [0.4, 0.5) is 0 Å². The maximum atomic E-state index is 3.81. The van der Waals surface area contributed by atoms with E-state index in [2.05, 4.69) is 10.3 Å². The molecule has 0 heterocycles. The van der Waals surface area contributed by atoms with Crippen LogP contribution in [-0.2, 0) is 0 Å². The van der Waals surface area contributed by atoms with Crippen molar-refractivity contribution in [1.82, 2.24) is 5.32 Å². The van der Waals surface area contributed by atoms with E-state index >= 15 is 0 Å². The van der Waals surface area contributed by atoms with E-state index < -0.39 is 0 Å². The maximum Gasteiger partial charge on any atom is 0.0273 e. The molecule has 0 rings (SSSR count). The SMILES string of the molecule is CN=CCCNC. The fraction of sp³-hybridized carbons (Fsp3) is 0.800. The Morgan fingerprint density at radius 3 is 2.86 bits per heavy atom. The van der Waals surface area contributed by atoms with E-state index in [4.69, 9.17) is 0 Å². The number of hydrogen-bond donors (Lipinski definition) is 1. The van der Waals surface area contributed by atoms with Gasteiger partial charge >= 0.3 is 0 Å². The molecule has 2 nitrogen and oxygen atoms in total. The predicted molar refractivity (Wildman–Crippen MR) is 33.0 cm³/mol. The van der Waals surface area contributed by atoms with Gasteiger partial charge < -0.3 is 10.3 Å². The van der Waals surface area contributed by atoms with Gasteiger partial charge in [0.1, 0.15) is 0 Å². The molecule has 0 bridgehead atoms. The van der Waals surface area contributed by atoms with Crippen LogP contribution in [0.5, 0.6) is 0 Å². The number of aliphatic imine (C=N–C) groups is 1.